The number of benzene rings is 2. The van der Waals surface area contributed by atoms with Crippen LogP contribution in [0.25, 0.3) is 0 Å². The molecule has 0 unspecified atom stereocenters. The molecule has 7 heteroatoms. The van der Waals surface area contributed by atoms with Gasteiger partial charge in [-0.05, 0) is 79.3 Å². The summed E-state index contributed by atoms with van der Waals surface area (Å²) < 4.78 is 18.0. The molecular weight excluding hydrogens is 497 g/mol. The van der Waals surface area contributed by atoms with Gasteiger partial charge in [-0.25, -0.2) is 0 Å². The zero-order valence-corrected chi connectivity index (χ0v) is 23.5. The van der Waals surface area contributed by atoms with E-state index in [4.69, 9.17) is 37.4 Å². The van der Waals surface area contributed by atoms with Gasteiger partial charge >= 0.3 is 0 Å². The molecule has 0 radical (unpaired) electrons. The van der Waals surface area contributed by atoms with Gasteiger partial charge in [0.25, 0.3) is 5.91 Å². The lowest BCUT2D eigenvalue weighted by Crippen LogP contribution is -2.32. The van der Waals surface area contributed by atoms with Crippen molar-refractivity contribution in [3.05, 3.63) is 63.7 Å². The molecule has 5 nitrogen and oxygen atoms in total. The third kappa shape index (κ3) is 9.59. The molecule has 0 fully saturated rings. The van der Waals surface area contributed by atoms with E-state index in [0.717, 1.165) is 73.6 Å². The Morgan fingerprint density at radius 1 is 0.833 bits per heavy atom. The summed E-state index contributed by atoms with van der Waals surface area (Å²) in [5.74, 6) is 2.53. The van der Waals surface area contributed by atoms with Gasteiger partial charge in [0.15, 0.2) is 0 Å². The summed E-state index contributed by atoms with van der Waals surface area (Å²) in [6.07, 6.45) is 5.93. The Morgan fingerprint density at radius 3 is 1.94 bits per heavy atom. The number of hydrogen-bond donors (Lipinski definition) is 0. The number of rotatable bonds is 16. The molecule has 2 aromatic rings. The normalized spacial score (nSPS) is 10.6. The number of amides is 1. The van der Waals surface area contributed by atoms with Crippen molar-refractivity contribution in [2.45, 2.75) is 59.8 Å². The van der Waals surface area contributed by atoms with Gasteiger partial charge in [-0.1, -0.05) is 50.9 Å². The van der Waals surface area contributed by atoms with Crippen molar-refractivity contribution in [2.75, 3.05) is 32.9 Å². The van der Waals surface area contributed by atoms with E-state index >= 15 is 0 Å². The predicted molar refractivity (Wildman–Crippen MR) is 149 cm³/mol. The molecule has 0 aliphatic rings. The first-order valence-electron chi connectivity index (χ1n) is 12.9. The van der Waals surface area contributed by atoms with Crippen LogP contribution in [0.1, 0.15) is 68.4 Å². The molecule has 0 N–H and O–H groups in total. The van der Waals surface area contributed by atoms with Crippen LogP contribution in [0.3, 0.4) is 0 Å². The largest absolute Gasteiger partial charge is 0.493 e. The second kappa shape index (κ2) is 16.4. The van der Waals surface area contributed by atoms with Gasteiger partial charge in [0.2, 0.25) is 0 Å². The zero-order valence-electron chi connectivity index (χ0n) is 21.9. The number of halogens is 2. The monoisotopic (exact) mass is 535 g/mol. The lowest BCUT2D eigenvalue weighted by molar-refractivity contribution is 0.0755. The van der Waals surface area contributed by atoms with Crippen LogP contribution >= 0.6 is 23.2 Å². The third-order valence-corrected chi connectivity index (χ3v) is 5.95. The summed E-state index contributed by atoms with van der Waals surface area (Å²) in [5, 5.41) is 0. The first-order valence-corrected chi connectivity index (χ1v) is 13.6. The quantitative estimate of drug-likeness (QED) is 0.207. The van der Waals surface area contributed by atoms with Gasteiger partial charge in [-0.15, -0.1) is 0 Å². The standard InChI is InChI=1S/C29H39Cl2NO4/c1-5-15-32(16-6-2)29(33)24-10-12-25(13-11-24)34-17-9-18-36-28-22(7-3)20-26(21-23(28)8-4)35-19-14-27(30)31/h10-14,20-21H,5-9,15-19H2,1-4H3. The van der Waals surface area contributed by atoms with Crippen LogP contribution < -0.4 is 14.2 Å². The van der Waals surface area contributed by atoms with Gasteiger partial charge in [-0.2, -0.15) is 0 Å². The van der Waals surface area contributed by atoms with Crippen molar-refractivity contribution in [3.63, 3.8) is 0 Å². The molecule has 0 saturated heterocycles. The summed E-state index contributed by atoms with van der Waals surface area (Å²) in [5.41, 5.74) is 2.90. The fourth-order valence-corrected chi connectivity index (χ4v) is 4.00. The van der Waals surface area contributed by atoms with Gasteiger partial charge in [0.05, 0.1) is 13.2 Å². The van der Waals surface area contributed by atoms with E-state index in [-0.39, 0.29) is 10.4 Å². The summed E-state index contributed by atoms with van der Waals surface area (Å²) in [6.45, 7) is 11.3. The number of aryl methyl sites for hydroxylation is 2. The van der Waals surface area contributed by atoms with Gasteiger partial charge < -0.3 is 19.1 Å². The van der Waals surface area contributed by atoms with Crippen LogP contribution in [0.4, 0.5) is 0 Å². The van der Waals surface area contributed by atoms with Crippen LogP contribution in [-0.2, 0) is 12.8 Å². The van der Waals surface area contributed by atoms with Crippen molar-refractivity contribution < 1.29 is 19.0 Å². The summed E-state index contributed by atoms with van der Waals surface area (Å²) in [6, 6.07) is 11.4. The van der Waals surface area contributed by atoms with Crippen LogP contribution in [0, 0.1) is 0 Å². The van der Waals surface area contributed by atoms with E-state index in [1.54, 1.807) is 6.08 Å². The topological polar surface area (TPSA) is 48.0 Å². The molecule has 0 heterocycles. The van der Waals surface area contributed by atoms with Crippen LogP contribution in [0.15, 0.2) is 47.0 Å². The molecule has 0 bridgehead atoms. The second-order valence-corrected chi connectivity index (χ2v) is 9.46. The fraction of sp³-hybridized carbons (Fsp3) is 0.483. The molecule has 2 aromatic carbocycles. The molecule has 0 saturated carbocycles. The average Bonchev–Trinajstić information content (AvgIpc) is 2.88. The number of nitrogens with zero attached hydrogens (tertiary/aromatic N) is 1. The molecular formula is C29H39Cl2NO4. The number of carbonyl (C=O) groups excluding carboxylic acids is 1. The van der Waals surface area contributed by atoms with E-state index in [1.807, 2.05) is 41.3 Å². The first-order chi connectivity index (χ1) is 17.4. The first kappa shape index (κ1) is 29.9. The van der Waals surface area contributed by atoms with E-state index in [1.165, 1.54) is 0 Å². The molecule has 0 aromatic heterocycles. The van der Waals surface area contributed by atoms with E-state index in [2.05, 4.69) is 27.7 Å². The van der Waals surface area contributed by atoms with Crippen molar-refractivity contribution in [2.24, 2.45) is 0 Å². The average molecular weight is 537 g/mol. The minimum Gasteiger partial charge on any atom is -0.493 e. The van der Waals surface area contributed by atoms with Crippen molar-refractivity contribution >= 4 is 29.1 Å². The maximum Gasteiger partial charge on any atom is 0.253 e. The SMILES string of the molecule is CCCN(CCC)C(=O)c1ccc(OCCCOc2c(CC)cc(OCC=C(Cl)Cl)cc2CC)cc1. The highest BCUT2D eigenvalue weighted by molar-refractivity contribution is 6.55. The second-order valence-electron chi connectivity index (χ2n) is 8.45. The Bertz CT molecular complexity index is 941. The van der Waals surface area contributed by atoms with Crippen LogP contribution in [0.2, 0.25) is 0 Å². The number of ether oxygens (including phenoxy) is 3. The minimum atomic E-state index is 0.0767. The highest BCUT2D eigenvalue weighted by Gasteiger charge is 2.14. The van der Waals surface area contributed by atoms with Crippen molar-refractivity contribution in [3.8, 4) is 17.2 Å². The maximum atomic E-state index is 12.7. The molecule has 0 aliphatic carbocycles. The molecule has 2 rings (SSSR count). The number of hydrogen-bond acceptors (Lipinski definition) is 4. The Labute approximate surface area is 226 Å². The summed E-state index contributed by atoms with van der Waals surface area (Å²) >= 11 is 11.3. The lowest BCUT2D eigenvalue weighted by atomic mass is 10.0. The Morgan fingerprint density at radius 2 is 1.42 bits per heavy atom. The van der Waals surface area contributed by atoms with E-state index < -0.39 is 0 Å². The van der Waals surface area contributed by atoms with E-state index in [0.29, 0.717) is 25.4 Å². The van der Waals surface area contributed by atoms with Gasteiger partial charge in [0, 0.05) is 25.1 Å². The molecule has 0 aliphatic heterocycles. The Kier molecular flexibility index (Phi) is 13.6. The smallest absolute Gasteiger partial charge is 0.253 e. The molecule has 36 heavy (non-hydrogen) atoms. The highest BCUT2D eigenvalue weighted by Crippen LogP contribution is 2.31. The molecule has 198 valence electrons. The Hall–Kier alpha value is -2.37. The molecule has 1 amide bonds. The number of carbonyl (C=O) groups is 1. The van der Waals surface area contributed by atoms with Crippen molar-refractivity contribution in [1.29, 1.82) is 0 Å². The fourth-order valence-electron chi connectivity index (χ4n) is 3.87. The zero-order chi connectivity index (χ0) is 26.3. The third-order valence-electron chi connectivity index (χ3n) is 5.65. The van der Waals surface area contributed by atoms with Gasteiger partial charge in [0.1, 0.15) is 28.3 Å². The summed E-state index contributed by atoms with van der Waals surface area (Å²) in [7, 11) is 0. The highest BCUT2D eigenvalue weighted by atomic mass is 35.5. The van der Waals surface area contributed by atoms with Crippen LogP contribution in [0.5, 0.6) is 17.2 Å². The van der Waals surface area contributed by atoms with Crippen molar-refractivity contribution in [1.82, 2.24) is 4.90 Å². The minimum absolute atomic E-state index is 0.0767. The molecule has 0 spiro atoms. The van der Waals surface area contributed by atoms with Gasteiger partial charge in [-0.3, -0.25) is 4.79 Å². The van der Waals surface area contributed by atoms with Crippen LogP contribution in [-0.4, -0.2) is 43.7 Å². The Balaban J connectivity index is 1.88. The predicted octanol–water partition coefficient (Wildman–Crippen LogP) is 7.62. The summed E-state index contributed by atoms with van der Waals surface area (Å²) in [4.78, 5) is 14.6. The lowest BCUT2D eigenvalue weighted by Gasteiger charge is -2.21. The maximum absolute atomic E-state index is 12.7. The van der Waals surface area contributed by atoms with E-state index in [9.17, 15) is 4.79 Å². The molecule has 0 atom stereocenters.